The number of fused-ring (bicyclic) bond motifs is 1. The van der Waals surface area contributed by atoms with E-state index in [0.29, 0.717) is 32.1 Å². The van der Waals surface area contributed by atoms with E-state index in [0.717, 1.165) is 48.1 Å². The third kappa shape index (κ3) is 6.06. The Balaban J connectivity index is 1.41. The number of benzene rings is 3. The smallest absolute Gasteiger partial charge is 0.259 e. The fraction of sp³-hybridized carbons (Fsp3) is 0.194. The van der Waals surface area contributed by atoms with Crippen molar-refractivity contribution < 1.29 is 14.3 Å². The van der Waals surface area contributed by atoms with Crippen molar-refractivity contribution in [2.24, 2.45) is 4.99 Å². The van der Waals surface area contributed by atoms with Crippen LogP contribution in [0.15, 0.2) is 76.2 Å². The predicted molar refractivity (Wildman–Crippen MR) is 159 cm³/mol. The zero-order chi connectivity index (χ0) is 27.2. The molecule has 0 spiro atoms. The van der Waals surface area contributed by atoms with Gasteiger partial charge in [0.25, 0.3) is 5.91 Å². The van der Waals surface area contributed by atoms with Gasteiger partial charge in [-0.05, 0) is 83.1 Å². The Hall–Kier alpha value is -3.93. The lowest BCUT2D eigenvalue weighted by Gasteiger charge is -2.14. The van der Waals surface area contributed by atoms with Crippen LogP contribution in [0.2, 0.25) is 0 Å². The normalized spacial score (nSPS) is 12.5. The highest BCUT2D eigenvalue weighted by atomic mass is 79.9. The monoisotopic (exact) mass is 599 g/mol. The largest absolute Gasteiger partial charge is 0.493 e. The van der Waals surface area contributed by atoms with Gasteiger partial charge in [0.15, 0.2) is 11.5 Å². The first kappa shape index (κ1) is 26.7. The summed E-state index contributed by atoms with van der Waals surface area (Å²) in [4.78, 5) is 19.4. The van der Waals surface area contributed by atoms with Crippen molar-refractivity contribution in [1.29, 1.82) is 5.26 Å². The predicted octanol–water partition coefficient (Wildman–Crippen LogP) is 7.85. The molecule has 0 fully saturated rings. The molecule has 6 nitrogen and oxygen atoms in total. The minimum absolute atomic E-state index is 0.132. The number of anilines is 1. The summed E-state index contributed by atoms with van der Waals surface area (Å²) in [5.74, 6) is 0.942. The molecule has 1 heterocycles. The summed E-state index contributed by atoms with van der Waals surface area (Å²) in [5, 5.41) is 13.1. The molecule has 4 aromatic rings. The molecule has 5 rings (SSSR count). The molecule has 0 saturated carbocycles. The molecule has 1 aromatic heterocycles. The van der Waals surface area contributed by atoms with E-state index in [1.165, 1.54) is 4.88 Å². The van der Waals surface area contributed by atoms with Crippen molar-refractivity contribution in [3.63, 3.8) is 0 Å². The van der Waals surface area contributed by atoms with Crippen molar-refractivity contribution in [2.45, 2.75) is 32.3 Å². The van der Waals surface area contributed by atoms with E-state index < -0.39 is 0 Å². The number of rotatable bonds is 8. The van der Waals surface area contributed by atoms with Gasteiger partial charge in [-0.25, -0.2) is 4.99 Å². The van der Waals surface area contributed by atoms with E-state index >= 15 is 0 Å². The Morgan fingerprint density at radius 1 is 1.13 bits per heavy atom. The lowest BCUT2D eigenvalue weighted by Crippen LogP contribution is -2.14. The molecule has 0 aliphatic heterocycles. The van der Waals surface area contributed by atoms with Crippen LogP contribution in [-0.4, -0.2) is 19.2 Å². The molecule has 1 N–H and O–H groups in total. The molecule has 39 heavy (non-hydrogen) atoms. The SMILES string of the molecule is COc1cc(C=Nc2sc3c(c2C(=O)Nc2ccccc2)CCCC3)cc(Br)c1OCc1ccccc1C#N. The average molecular weight is 601 g/mol. The molecular formula is C31H26BrN3O3S. The van der Waals surface area contributed by atoms with Crippen LogP contribution in [0.1, 0.15) is 50.3 Å². The number of nitrogens with zero attached hydrogens (tertiary/aromatic N) is 2. The fourth-order valence-electron chi connectivity index (χ4n) is 4.58. The quantitative estimate of drug-likeness (QED) is 0.209. The number of hydrogen-bond acceptors (Lipinski definition) is 6. The molecule has 0 unspecified atom stereocenters. The van der Waals surface area contributed by atoms with Gasteiger partial charge in [0.05, 0.1) is 28.8 Å². The number of ether oxygens (including phenoxy) is 2. The molecule has 1 amide bonds. The zero-order valence-electron chi connectivity index (χ0n) is 21.4. The number of para-hydroxylation sites is 1. The van der Waals surface area contributed by atoms with E-state index in [1.807, 2.05) is 60.7 Å². The van der Waals surface area contributed by atoms with Gasteiger partial charge in [0.2, 0.25) is 0 Å². The van der Waals surface area contributed by atoms with Crippen molar-refractivity contribution in [3.8, 4) is 17.6 Å². The molecule has 1 aliphatic carbocycles. The van der Waals surface area contributed by atoms with Crippen LogP contribution in [0, 0.1) is 11.3 Å². The molecule has 8 heteroatoms. The topological polar surface area (TPSA) is 83.7 Å². The third-order valence-electron chi connectivity index (χ3n) is 6.50. The Morgan fingerprint density at radius 2 is 1.90 bits per heavy atom. The minimum Gasteiger partial charge on any atom is -0.493 e. The van der Waals surface area contributed by atoms with Gasteiger partial charge in [-0.2, -0.15) is 5.26 Å². The van der Waals surface area contributed by atoms with Crippen LogP contribution in [-0.2, 0) is 19.4 Å². The molecule has 3 aromatic carbocycles. The summed E-state index contributed by atoms with van der Waals surface area (Å²) in [7, 11) is 1.58. The summed E-state index contributed by atoms with van der Waals surface area (Å²) in [6.45, 7) is 0.229. The van der Waals surface area contributed by atoms with Gasteiger partial charge in [-0.3, -0.25) is 4.79 Å². The van der Waals surface area contributed by atoms with Gasteiger partial charge < -0.3 is 14.8 Å². The highest BCUT2D eigenvalue weighted by Gasteiger charge is 2.25. The first-order chi connectivity index (χ1) is 19.1. The number of aryl methyl sites for hydroxylation is 1. The average Bonchev–Trinajstić information content (AvgIpc) is 3.34. The second-order valence-corrected chi connectivity index (χ2v) is 11.0. The molecule has 0 saturated heterocycles. The highest BCUT2D eigenvalue weighted by Crippen LogP contribution is 2.41. The maximum Gasteiger partial charge on any atom is 0.259 e. The summed E-state index contributed by atoms with van der Waals surface area (Å²) in [6.07, 6.45) is 5.81. The number of aliphatic imine (C=N–C) groups is 1. The first-order valence-corrected chi connectivity index (χ1v) is 14.2. The lowest BCUT2D eigenvalue weighted by molar-refractivity contribution is 0.102. The molecular weight excluding hydrogens is 574 g/mol. The van der Waals surface area contributed by atoms with Crippen LogP contribution in [0.5, 0.6) is 11.5 Å². The number of nitriles is 1. The molecule has 0 bridgehead atoms. The second kappa shape index (κ2) is 12.3. The maximum absolute atomic E-state index is 13.4. The zero-order valence-corrected chi connectivity index (χ0v) is 23.8. The van der Waals surface area contributed by atoms with Crippen LogP contribution in [0.3, 0.4) is 0 Å². The first-order valence-electron chi connectivity index (χ1n) is 12.6. The van der Waals surface area contributed by atoms with Gasteiger partial charge in [-0.1, -0.05) is 36.4 Å². The third-order valence-corrected chi connectivity index (χ3v) is 8.29. The molecule has 0 radical (unpaired) electrons. The summed E-state index contributed by atoms with van der Waals surface area (Å²) >= 11 is 5.20. The molecule has 1 aliphatic rings. The Bertz CT molecular complexity index is 1570. The van der Waals surface area contributed by atoms with E-state index in [-0.39, 0.29) is 12.5 Å². The number of carbonyl (C=O) groups is 1. The van der Waals surface area contributed by atoms with Gasteiger partial charge in [-0.15, -0.1) is 11.3 Å². The van der Waals surface area contributed by atoms with Crippen molar-refractivity contribution in [3.05, 3.63) is 104 Å². The van der Waals surface area contributed by atoms with Gasteiger partial charge in [0.1, 0.15) is 11.6 Å². The number of thiophene rings is 1. The lowest BCUT2D eigenvalue weighted by atomic mass is 9.95. The van der Waals surface area contributed by atoms with Crippen molar-refractivity contribution in [1.82, 2.24) is 0 Å². The van der Waals surface area contributed by atoms with E-state index in [9.17, 15) is 10.1 Å². The van der Waals surface area contributed by atoms with Gasteiger partial charge >= 0.3 is 0 Å². The maximum atomic E-state index is 13.4. The van der Waals surface area contributed by atoms with Gasteiger partial charge in [0, 0.05) is 22.3 Å². The second-order valence-electron chi connectivity index (χ2n) is 9.06. The highest BCUT2D eigenvalue weighted by molar-refractivity contribution is 9.10. The summed E-state index contributed by atoms with van der Waals surface area (Å²) < 4.78 is 12.4. The van der Waals surface area contributed by atoms with Crippen molar-refractivity contribution in [2.75, 3.05) is 12.4 Å². The number of nitrogens with one attached hydrogen (secondary N) is 1. The van der Waals surface area contributed by atoms with Crippen LogP contribution in [0.4, 0.5) is 10.7 Å². The fourth-order valence-corrected chi connectivity index (χ4v) is 6.39. The van der Waals surface area contributed by atoms with E-state index in [1.54, 1.807) is 30.7 Å². The molecule has 0 atom stereocenters. The number of carbonyl (C=O) groups excluding carboxylic acids is 1. The number of hydrogen-bond donors (Lipinski definition) is 1. The summed E-state index contributed by atoms with van der Waals surface area (Å²) in [5.41, 5.74) is 4.70. The molecule has 196 valence electrons. The van der Waals surface area contributed by atoms with Crippen LogP contribution < -0.4 is 14.8 Å². The number of halogens is 1. The van der Waals surface area contributed by atoms with Crippen molar-refractivity contribution >= 4 is 50.1 Å². The number of amides is 1. The van der Waals surface area contributed by atoms with Crippen LogP contribution >= 0.6 is 27.3 Å². The Kier molecular flexibility index (Phi) is 8.40. The summed E-state index contributed by atoms with van der Waals surface area (Å²) in [6, 6.07) is 22.8. The van der Waals surface area contributed by atoms with E-state index in [4.69, 9.17) is 14.5 Å². The standard InChI is InChI=1S/C31H26BrN3O3S/c1-37-26-16-20(15-25(32)29(26)38-19-22-10-6-5-9-21(22)17-33)18-34-31-28(24-13-7-8-14-27(24)39-31)30(36)35-23-11-3-2-4-12-23/h2-6,9-12,15-16,18H,7-8,13-14,19H2,1H3,(H,35,36). The Labute approximate surface area is 240 Å². The van der Waals surface area contributed by atoms with Crippen LogP contribution in [0.25, 0.3) is 0 Å². The minimum atomic E-state index is -0.132. The van der Waals surface area contributed by atoms with E-state index in [2.05, 4.69) is 27.3 Å². The Morgan fingerprint density at radius 3 is 2.69 bits per heavy atom. The number of methoxy groups -OCH3 is 1.